The van der Waals surface area contributed by atoms with E-state index in [0.29, 0.717) is 9.50 Å². The molecule has 0 bridgehead atoms. The van der Waals surface area contributed by atoms with Crippen molar-refractivity contribution < 1.29 is 12.8 Å². The summed E-state index contributed by atoms with van der Waals surface area (Å²) in [6, 6.07) is 6.71. The number of halogens is 3. The first kappa shape index (κ1) is 16.1. The lowest BCUT2D eigenvalue weighted by Crippen LogP contribution is -2.14. The lowest BCUT2D eigenvalue weighted by atomic mass is 10.2. The third-order valence-electron chi connectivity index (χ3n) is 2.84. The largest absolute Gasteiger partial charge is 0.398 e. The number of nitrogens with two attached hydrogens (primary N) is 1. The molecule has 0 saturated carbocycles. The Hall–Kier alpha value is -1.31. The van der Waals surface area contributed by atoms with Crippen LogP contribution in [-0.2, 0) is 10.0 Å². The van der Waals surface area contributed by atoms with Crippen LogP contribution < -0.4 is 10.5 Å². The number of hydrogen-bond donors (Lipinski definition) is 2. The summed E-state index contributed by atoms with van der Waals surface area (Å²) in [6.45, 7) is 1.48. The normalized spacial score (nSPS) is 11.4. The van der Waals surface area contributed by atoms with Crippen molar-refractivity contribution in [2.24, 2.45) is 0 Å². The number of nitrogens with one attached hydrogen (secondary N) is 1. The van der Waals surface area contributed by atoms with Gasteiger partial charge in [0.2, 0.25) is 0 Å². The van der Waals surface area contributed by atoms with Gasteiger partial charge in [-0.3, -0.25) is 4.72 Å². The van der Waals surface area contributed by atoms with Crippen molar-refractivity contribution >= 4 is 48.9 Å². The molecule has 0 heterocycles. The molecule has 2 aromatic carbocycles. The van der Waals surface area contributed by atoms with Crippen molar-refractivity contribution in [1.29, 1.82) is 0 Å². The second kappa shape index (κ2) is 5.82. The Bertz CT molecular complexity index is 789. The van der Waals surface area contributed by atoms with Crippen molar-refractivity contribution in [3.05, 3.63) is 51.2 Å². The van der Waals surface area contributed by atoms with Crippen LogP contribution in [0, 0.1) is 12.7 Å². The maximum absolute atomic E-state index is 13.6. The van der Waals surface area contributed by atoms with Crippen molar-refractivity contribution in [3.63, 3.8) is 0 Å². The first-order chi connectivity index (χ1) is 9.70. The Morgan fingerprint density at radius 1 is 1.29 bits per heavy atom. The zero-order valence-electron chi connectivity index (χ0n) is 10.8. The summed E-state index contributed by atoms with van der Waals surface area (Å²) in [5.41, 5.74) is 6.14. The molecule has 4 nitrogen and oxygen atoms in total. The van der Waals surface area contributed by atoms with Crippen LogP contribution in [0.15, 0.2) is 39.7 Å². The molecule has 8 heteroatoms. The van der Waals surface area contributed by atoms with Gasteiger partial charge < -0.3 is 5.73 Å². The molecule has 0 aromatic heterocycles. The number of hydrogen-bond acceptors (Lipinski definition) is 3. The zero-order chi connectivity index (χ0) is 15.8. The minimum absolute atomic E-state index is 0.0733. The molecule has 0 radical (unpaired) electrons. The summed E-state index contributed by atoms with van der Waals surface area (Å²) in [7, 11) is -3.95. The molecular weight excluding hydrogens is 383 g/mol. The number of anilines is 2. The van der Waals surface area contributed by atoms with Crippen LogP contribution in [0.2, 0.25) is 5.02 Å². The van der Waals surface area contributed by atoms with Crippen LogP contribution in [0.25, 0.3) is 0 Å². The van der Waals surface area contributed by atoms with Gasteiger partial charge in [0.1, 0.15) is 5.82 Å². The summed E-state index contributed by atoms with van der Waals surface area (Å²) in [5.74, 6) is -0.677. The van der Waals surface area contributed by atoms with Gasteiger partial charge >= 0.3 is 0 Å². The summed E-state index contributed by atoms with van der Waals surface area (Å²) in [6.07, 6.45) is 0. The van der Waals surface area contributed by atoms with Gasteiger partial charge in [0, 0.05) is 15.7 Å². The topological polar surface area (TPSA) is 72.2 Å². The van der Waals surface area contributed by atoms with E-state index in [4.69, 9.17) is 17.3 Å². The maximum Gasteiger partial charge on any atom is 0.262 e. The van der Waals surface area contributed by atoms with Crippen molar-refractivity contribution in [3.8, 4) is 0 Å². The number of sulfonamides is 1. The second-order valence-electron chi connectivity index (χ2n) is 4.35. The Balaban J connectivity index is 2.40. The highest BCUT2D eigenvalue weighted by Gasteiger charge is 2.18. The molecule has 0 aliphatic carbocycles. The molecular formula is C13H11BrClFN2O2S. The summed E-state index contributed by atoms with van der Waals surface area (Å²) >= 11 is 9.10. The maximum atomic E-state index is 13.6. The first-order valence-electron chi connectivity index (χ1n) is 5.74. The number of rotatable bonds is 3. The Kier molecular flexibility index (Phi) is 4.46. The highest BCUT2D eigenvalue weighted by molar-refractivity contribution is 9.10. The zero-order valence-corrected chi connectivity index (χ0v) is 14.0. The Morgan fingerprint density at radius 3 is 2.52 bits per heavy atom. The highest BCUT2D eigenvalue weighted by atomic mass is 79.9. The van der Waals surface area contributed by atoms with Crippen molar-refractivity contribution in [1.82, 2.24) is 0 Å². The average Bonchev–Trinajstić information content (AvgIpc) is 2.39. The van der Waals surface area contributed by atoms with Crippen LogP contribution in [0.3, 0.4) is 0 Å². The van der Waals surface area contributed by atoms with Gasteiger partial charge in [0.15, 0.2) is 0 Å². The fraction of sp³-hybridized carbons (Fsp3) is 0.0769. The Morgan fingerprint density at radius 2 is 1.95 bits per heavy atom. The van der Waals surface area contributed by atoms with Gasteiger partial charge in [-0.1, -0.05) is 11.6 Å². The fourth-order valence-corrected chi connectivity index (χ4v) is 3.13. The van der Waals surface area contributed by atoms with E-state index in [1.54, 1.807) is 6.07 Å². The van der Waals surface area contributed by atoms with Crippen LogP contribution in [0.4, 0.5) is 15.8 Å². The first-order valence-corrected chi connectivity index (χ1v) is 8.39. The standard InChI is InChI=1S/C13H11BrClFN2O2S/c1-7-12(16)5-9(6-13(7)17)21(19,20)18-8-2-3-10(14)11(15)4-8/h2-6,18H,17H2,1H3. The van der Waals surface area contributed by atoms with Gasteiger partial charge in [-0.2, -0.15) is 0 Å². The van der Waals surface area contributed by atoms with Crippen molar-refractivity contribution in [2.75, 3.05) is 10.5 Å². The van der Waals surface area contributed by atoms with Crippen LogP contribution in [-0.4, -0.2) is 8.42 Å². The molecule has 3 N–H and O–H groups in total. The van der Waals surface area contributed by atoms with E-state index in [0.717, 1.165) is 6.07 Å². The smallest absolute Gasteiger partial charge is 0.262 e. The molecule has 0 aliphatic rings. The summed E-state index contributed by atoms with van der Waals surface area (Å²) < 4.78 is 41.0. The molecule has 21 heavy (non-hydrogen) atoms. The predicted octanol–water partition coefficient (Wildman–Crippen LogP) is 3.93. The van der Waals surface area contributed by atoms with Gasteiger partial charge in [0.25, 0.3) is 10.0 Å². The van der Waals surface area contributed by atoms with Gasteiger partial charge in [0.05, 0.1) is 15.6 Å². The Labute approximate surface area is 135 Å². The second-order valence-corrected chi connectivity index (χ2v) is 7.30. The SMILES string of the molecule is Cc1c(N)cc(S(=O)(=O)Nc2ccc(Br)c(Cl)c2)cc1F. The monoisotopic (exact) mass is 392 g/mol. The summed E-state index contributed by atoms with van der Waals surface area (Å²) in [5, 5.41) is 0.352. The quantitative estimate of drug-likeness (QED) is 0.776. The van der Waals surface area contributed by atoms with E-state index in [9.17, 15) is 12.8 Å². The van der Waals surface area contributed by atoms with E-state index in [-0.39, 0.29) is 21.8 Å². The lowest BCUT2D eigenvalue weighted by Gasteiger charge is -2.11. The van der Waals surface area contributed by atoms with E-state index in [2.05, 4.69) is 20.7 Å². The number of nitrogen functional groups attached to an aromatic ring is 1. The lowest BCUT2D eigenvalue weighted by molar-refractivity contribution is 0.593. The average molecular weight is 394 g/mol. The molecule has 0 spiro atoms. The predicted molar refractivity (Wildman–Crippen MR) is 85.5 cm³/mol. The molecule has 0 atom stereocenters. The molecule has 0 fully saturated rings. The van der Waals surface area contributed by atoms with Crippen LogP contribution in [0.5, 0.6) is 0 Å². The molecule has 0 unspecified atom stereocenters. The molecule has 112 valence electrons. The van der Waals surface area contributed by atoms with E-state index < -0.39 is 15.8 Å². The van der Waals surface area contributed by atoms with Gasteiger partial charge in [-0.15, -0.1) is 0 Å². The summed E-state index contributed by atoms with van der Waals surface area (Å²) in [4.78, 5) is -0.248. The highest BCUT2D eigenvalue weighted by Crippen LogP contribution is 2.28. The third-order valence-corrected chi connectivity index (χ3v) is 5.43. The molecule has 0 saturated heterocycles. The van der Waals surface area contributed by atoms with E-state index in [1.165, 1.54) is 25.1 Å². The molecule has 2 rings (SSSR count). The van der Waals surface area contributed by atoms with Crippen molar-refractivity contribution in [2.45, 2.75) is 11.8 Å². The van der Waals surface area contributed by atoms with Gasteiger partial charge in [-0.25, -0.2) is 12.8 Å². The minimum atomic E-state index is -3.95. The molecule has 0 amide bonds. The van der Waals surface area contributed by atoms with Gasteiger partial charge in [-0.05, 0) is 53.2 Å². The van der Waals surface area contributed by atoms with Crippen LogP contribution >= 0.6 is 27.5 Å². The third kappa shape index (κ3) is 3.48. The number of benzene rings is 2. The molecule has 2 aromatic rings. The molecule has 0 aliphatic heterocycles. The van der Waals surface area contributed by atoms with E-state index >= 15 is 0 Å². The minimum Gasteiger partial charge on any atom is -0.398 e. The van der Waals surface area contributed by atoms with E-state index in [1.807, 2.05) is 0 Å². The van der Waals surface area contributed by atoms with Crippen LogP contribution in [0.1, 0.15) is 5.56 Å². The fourth-order valence-electron chi connectivity index (χ4n) is 1.60.